The molecule has 0 saturated carbocycles. The molecule has 1 aliphatic rings. The van der Waals surface area contributed by atoms with Crippen LogP contribution in [0.3, 0.4) is 0 Å². The highest BCUT2D eigenvalue weighted by atomic mass is 35.5. The van der Waals surface area contributed by atoms with Crippen molar-refractivity contribution >= 4 is 40.1 Å². The number of methoxy groups -OCH3 is 1. The van der Waals surface area contributed by atoms with Crippen molar-refractivity contribution in [3.63, 3.8) is 0 Å². The van der Waals surface area contributed by atoms with Crippen LogP contribution in [0.15, 0.2) is 42.6 Å². The molecule has 200 valence electrons. The van der Waals surface area contributed by atoms with Gasteiger partial charge in [0.05, 0.1) is 41.7 Å². The van der Waals surface area contributed by atoms with E-state index in [2.05, 4.69) is 21.7 Å². The van der Waals surface area contributed by atoms with E-state index in [1.54, 1.807) is 25.3 Å². The summed E-state index contributed by atoms with van der Waals surface area (Å²) in [7, 11) is 1.57. The highest BCUT2D eigenvalue weighted by molar-refractivity contribution is 6.32. The van der Waals surface area contributed by atoms with Gasteiger partial charge >= 0.3 is 5.97 Å². The monoisotopic (exact) mass is 558 g/mol. The molecule has 2 aromatic carbocycles. The highest BCUT2D eigenvalue weighted by Crippen LogP contribution is 2.43. The number of carbonyl (C=O) groups is 1. The molecule has 0 radical (unpaired) electrons. The maximum absolute atomic E-state index is 13.6. The lowest BCUT2D eigenvalue weighted by Gasteiger charge is -2.41. The van der Waals surface area contributed by atoms with Gasteiger partial charge < -0.3 is 14.9 Å². The van der Waals surface area contributed by atoms with E-state index >= 15 is 0 Å². The molecule has 6 nitrogen and oxygen atoms in total. The van der Waals surface area contributed by atoms with E-state index in [0.717, 1.165) is 0 Å². The van der Waals surface area contributed by atoms with Gasteiger partial charge in [-0.1, -0.05) is 35.0 Å². The fraction of sp³-hybridized carbons (Fsp3) is 0.379. The number of rotatable bonds is 8. The minimum absolute atomic E-state index is 0.0297. The minimum atomic E-state index is -0.880. The van der Waals surface area contributed by atoms with Crippen molar-refractivity contribution in [3.05, 3.63) is 69.6 Å². The number of aliphatic hydroxyl groups is 1. The Morgan fingerprint density at radius 1 is 1.21 bits per heavy atom. The van der Waals surface area contributed by atoms with Crippen LogP contribution in [-0.2, 0) is 4.79 Å². The largest absolute Gasteiger partial charge is 0.497 e. The lowest BCUT2D eigenvalue weighted by molar-refractivity contribution is -0.141. The lowest BCUT2D eigenvalue weighted by Crippen LogP contribution is -2.41. The van der Waals surface area contributed by atoms with Crippen molar-refractivity contribution in [2.45, 2.75) is 38.2 Å². The number of aromatic nitrogens is 1. The van der Waals surface area contributed by atoms with Crippen molar-refractivity contribution in [1.82, 2.24) is 9.88 Å². The van der Waals surface area contributed by atoms with Gasteiger partial charge in [-0.3, -0.25) is 14.7 Å². The Morgan fingerprint density at radius 2 is 1.97 bits per heavy atom. The summed E-state index contributed by atoms with van der Waals surface area (Å²) >= 11 is 12.2. The third-order valence-corrected chi connectivity index (χ3v) is 7.86. The van der Waals surface area contributed by atoms with Gasteiger partial charge in [-0.15, -0.1) is 0 Å². The molecule has 2 N–H and O–H groups in total. The van der Waals surface area contributed by atoms with E-state index in [4.69, 9.17) is 27.9 Å². The van der Waals surface area contributed by atoms with Crippen LogP contribution in [0.5, 0.6) is 5.75 Å². The normalized spacial score (nSPS) is 16.0. The number of benzene rings is 2. The Hall–Kier alpha value is -2.89. The van der Waals surface area contributed by atoms with Gasteiger partial charge in [0.25, 0.3) is 0 Å². The number of aliphatic carboxylic acids is 1. The summed E-state index contributed by atoms with van der Waals surface area (Å²) in [4.78, 5) is 18.3. The molecule has 0 unspecified atom stereocenters. The predicted octanol–water partition coefficient (Wildman–Crippen LogP) is 6.11. The van der Waals surface area contributed by atoms with Crippen LogP contribution in [0.1, 0.15) is 49.3 Å². The Kier molecular flexibility index (Phi) is 9.11. The van der Waals surface area contributed by atoms with Gasteiger partial charge in [0.1, 0.15) is 11.6 Å². The molecule has 0 amide bonds. The number of hydrogen-bond acceptors (Lipinski definition) is 5. The van der Waals surface area contributed by atoms with Crippen LogP contribution in [0.25, 0.3) is 10.9 Å². The van der Waals surface area contributed by atoms with Gasteiger partial charge in [-0.25, -0.2) is 4.39 Å². The summed E-state index contributed by atoms with van der Waals surface area (Å²) in [5.41, 5.74) is 1.38. The predicted molar refractivity (Wildman–Crippen MR) is 146 cm³/mol. The number of halogens is 3. The van der Waals surface area contributed by atoms with Gasteiger partial charge in [0.15, 0.2) is 0 Å². The third kappa shape index (κ3) is 6.75. The molecule has 9 heteroatoms. The number of pyridine rings is 1. The van der Waals surface area contributed by atoms with Gasteiger partial charge in [0, 0.05) is 22.7 Å². The van der Waals surface area contributed by atoms with Crippen molar-refractivity contribution in [2.75, 3.05) is 26.7 Å². The molecule has 1 aromatic heterocycles. The summed E-state index contributed by atoms with van der Waals surface area (Å²) in [6.45, 7) is 1.86. The second-order valence-corrected chi connectivity index (χ2v) is 10.5. The van der Waals surface area contributed by atoms with Crippen molar-refractivity contribution in [1.29, 1.82) is 0 Å². The minimum Gasteiger partial charge on any atom is -0.497 e. The maximum atomic E-state index is 13.6. The average Bonchev–Trinajstić information content (AvgIpc) is 2.90. The summed E-state index contributed by atoms with van der Waals surface area (Å²) in [5.74, 6) is 5.30. The standard InChI is InChI=1S/C29H29Cl2FN2O4/c1-38-20-5-7-25-21(16-20)28(23(31)18-33-25)26(35)8-9-29(17-27(36)37)10-13-34(14-11-29)12-2-3-19-4-6-22(30)24(32)15-19/h4-7,15-16,18,26,35H,8-14,17H2,1H3,(H,36,37)/t26-/m0/s1. The Bertz CT molecular complexity index is 1380. The zero-order valence-corrected chi connectivity index (χ0v) is 22.5. The number of fused-ring (bicyclic) bond motifs is 1. The fourth-order valence-electron chi connectivity index (χ4n) is 5.07. The molecule has 0 bridgehead atoms. The fourth-order valence-corrected chi connectivity index (χ4v) is 5.46. The first-order chi connectivity index (χ1) is 18.2. The first kappa shape index (κ1) is 28.1. The van der Waals surface area contributed by atoms with Crippen LogP contribution in [-0.4, -0.2) is 52.8 Å². The first-order valence-electron chi connectivity index (χ1n) is 12.4. The van der Waals surface area contributed by atoms with Crippen molar-refractivity contribution in [3.8, 4) is 17.6 Å². The summed E-state index contributed by atoms with van der Waals surface area (Å²) in [5, 5.41) is 22.0. The van der Waals surface area contributed by atoms with Crippen molar-refractivity contribution in [2.24, 2.45) is 5.41 Å². The zero-order chi connectivity index (χ0) is 27.3. The number of carboxylic acid groups (broad SMARTS) is 1. The number of carboxylic acids is 1. The van der Waals surface area contributed by atoms with E-state index in [9.17, 15) is 19.4 Å². The maximum Gasteiger partial charge on any atom is 0.303 e. The molecule has 0 aliphatic carbocycles. The molecule has 0 spiro atoms. The SMILES string of the molecule is COc1ccc2ncc(Cl)c([C@@H](O)CCC3(CC(=O)O)CCN(CC#Cc4ccc(Cl)c(F)c4)CC3)c2c1. The smallest absolute Gasteiger partial charge is 0.303 e. The van der Waals surface area contributed by atoms with Gasteiger partial charge in [-0.05, 0) is 80.6 Å². The molecule has 38 heavy (non-hydrogen) atoms. The highest BCUT2D eigenvalue weighted by Gasteiger charge is 2.37. The molecule has 1 aliphatic heterocycles. The molecule has 3 aromatic rings. The second kappa shape index (κ2) is 12.3. The topological polar surface area (TPSA) is 82.9 Å². The van der Waals surface area contributed by atoms with E-state index in [1.807, 2.05) is 6.07 Å². The molecule has 1 fully saturated rings. The quantitative estimate of drug-likeness (QED) is 0.324. The number of piperidine rings is 1. The van der Waals surface area contributed by atoms with E-state index in [-0.39, 0.29) is 11.4 Å². The van der Waals surface area contributed by atoms with Crippen LogP contribution in [0, 0.1) is 23.1 Å². The Balaban J connectivity index is 1.42. The molecular weight excluding hydrogens is 530 g/mol. The molecule has 1 saturated heterocycles. The van der Waals surface area contributed by atoms with E-state index in [0.29, 0.717) is 78.1 Å². The van der Waals surface area contributed by atoms with Crippen LogP contribution in [0.4, 0.5) is 4.39 Å². The second-order valence-electron chi connectivity index (χ2n) is 9.73. The molecule has 2 heterocycles. The van der Waals surface area contributed by atoms with Gasteiger partial charge in [-0.2, -0.15) is 0 Å². The van der Waals surface area contributed by atoms with Crippen LogP contribution < -0.4 is 4.74 Å². The number of nitrogens with zero attached hydrogens (tertiary/aromatic N) is 2. The van der Waals surface area contributed by atoms with E-state index < -0.39 is 23.3 Å². The lowest BCUT2D eigenvalue weighted by atomic mass is 9.71. The summed E-state index contributed by atoms with van der Waals surface area (Å²) < 4.78 is 19.0. The number of aliphatic hydroxyl groups excluding tert-OH is 1. The molecule has 4 rings (SSSR count). The molecule has 1 atom stereocenters. The number of hydrogen-bond donors (Lipinski definition) is 2. The molecular formula is C29H29Cl2FN2O4. The average molecular weight is 559 g/mol. The first-order valence-corrected chi connectivity index (χ1v) is 13.1. The van der Waals surface area contributed by atoms with Crippen molar-refractivity contribution < 1.29 is 24.1 Å². The van der Waals surface area contributed by atoms with Gasteiger partial charge in [0.2, 0.25) is 0 Å². The van der Waals surface area contributed by atoms with E-state index in [1.165, 1.54) is 18.3 Å². The van der Waals surface area contributed by atoms with Crippen LogP contribution >= 0.6 is 23.2 Å². The zero-order valence-electron chi connectivity index (χ0n) is 21.0. The summed E-state index contributed by atoms with van der Waals surface area (Å²) in [6.07, 6.45) is 2.92. The Morgan fingerprint density at radius 3 is 2.66 bits per heavy atom. The number of ether oxygens (including phenoxy) is 1. The number of likely N-dealkylation sites (tertiary alicyclic amines) is 1. The summed E-state index contributed by atoms with van der Waals surface area (Å²) in [6, 6.07) is 9.88. The third-order valence-electron chi connectivity index (χ3n) is 7.25. The Labute approximate surface area is 231 Å². The van der Waals surface area contributed by atoms with Crippen LogP contribution in [0.2, 0.25) is 10.0 Å².